The maximum Gasteiger partial charge on any atom is 0.408 e. The van der Waals surface area contributed by atoms with Gasteiger partial charge in [-0.05, 0) is 108 Å². The number of methoxy groups -OCH3 is 3. The van der Waals surface area contributed by atoms with Crippen LogP contribution >= 0.6 is 15.9 Å². The molecule has 2 aliphatic rings. The minimum absolute atomic E-state index is 0.0102. The summed E-state index contributed by atoms with van der Waals surface area (Å²) in [6.07, 6.45) is -2.01. The van der Waals surface area contributed by atoms with Crippen molar-refractivity contribution >= 4 is 48.1 Å². The number of hydrogen-bond donors (Lipinski definition) is 4. The van der Waals surface area contributed by atoms with Gasteiger partial charge in [0.1, 0.15) is 35.3 Å². The van der Waals surface area contributed by atoms with E-state index < -0.39 is 67.8 Å². The number of halogens is 1. The Bertz CT molecular complexity index is 1910. The molecule has 0 spiro atoms. The molecule has 0 unspecified atom stereocenters. The highest BCUT2D eigenvalue weighted by atomic mass is 79.9. The fourth-order valence-electron chi connectivity index (χ4n) is 5.47. The van der Waals surface area contributed by atoms with E-state index in [4.69, 9.17) is 28.1 Å². The van der Waals surface area contributed by atoms with Gasteiger partial charge < -0.3 is 49.2 Å². The van der Waals surface area contributed by atoms with E-state index in [-0.39, 0.29) is 27.7 Å². The molecule has 2 heterocycles. The molecule has 0 aliphatic carbocycles. The van der Waals surface area contributed by atoms with Gasteiger partial charge in [-0.25, -0.2) is 9.59 Å². The standard InChI is InChI=1S/C39H50BrN3O11Si/c1-38(2,3)53-37(48)43-30-23-19-26(44)33(50-8)28(20-23)52-24-15-12-21(13-16-24)32(54-55(10,11)39(4,5)6)31(36(47)51-9)42-34(45)29(41-35(30)46)22-14-17-27(49-7)25(40)18-22/h12-20,29-32,44H,1-11H3,(H,41,46)(H,42,45)(H,43,48)/t29-,30+,31-,32+/m1/s1. The summed E-state index contributed by atoms with van der Waals surface area (Å²) in [5.41, 5.74) is -0.0684. The molecule has 0 fully saturated rings. The van der Waals surface area contributed by atoms with Crippen molar-refractivity contribution in [2.24, 2.45) is 0 Å². The van der Waals surface area contributed by atoms with Crippen molar-refractivity contribution in [2.45, 2.75) is 89.5 Å². The van der Waals surface area contributed by atoms with Crippen LogP contribution in [0.1, 0.15) is 76.4 Å². The SMILES string of the molecule is COC(=O)[C@@H]1NC(=O)[C@@H](c2ccc(OC)c(Br)c2)NC(=O)[C@@H](NC(=O)OC(C)(C)C)c2cc(O)c(OC)c(c2)Oc2ccc(cc2)[C@@H]1O[Si](C)(C)C(C)(C)C. The number of nitrogens with one attached hydrogen (secondary N) is 3. The first-order valence-electron chi connectivity index (χ1n) is 17.5. The highest BCUT2D eigenvalue weighted by molar-refractivity contribution is 9.10. The van der Waals surface area contributed by atoms with Crippen molar-refractivity contribution < 1.29 is 52.4 Å². The van der Waals surface area contributed by atoms with E-state index >= 15 is 0 Å². The van der Waals surface area contributed by atoms with Crippen LogP contribution in [-0.4, -0.2) is 70.3 Å². The minimum atomic E-state index is -2.66. The third-order valence-electron chi connectivity index (χ3n) is 9.30. The lowest BCUT2D eigenvalue weighted by atomic mass is 9.99. The van der Waals surface area contributed by atoms with Crippen LogP contribution in [0.25, 0.3) is 0 Å². The number of phenols is 1. The van der Waals surface area contributed by atoms with E-state index in [1.54, 1.807) is 63.2 Å². The van der Waals surface area contributed by atoms with E-state index in [1.165, 1.54) is 33.5 Å². The molecule has 55 heavy (non-hydrogen) atoms. The summed E-state index contributed by atoms with van der Waals surface area (Å²) < 4.78 is 35.1. The molecular formula is C39H50BrN3O11Si. The molecule has 14 nitrogen and oxygen atoms in total. The average Bonchev–Trinajstić information content (AvgIpc) is 3.09. The van der Waals surface area contributed by atoms with Crippen LogP contribution in [-0.2, 0) is 28.3 Å². The van der Waals surface area contributed by atoms with Gasteiger partial charge in [0, 0.05) is 0 Å². The van der Waals surface area contributed by atoms with Crippen LogP contribution in [0.2, 0.25) is 18.1 Å². The molecule has 4 N–H and O–H groups in total. The van der Waals surface area contributed by atoms with Crippen molar-refractivity contribution in [3.05, 3.63) is 75.8 Å². The van der Waals surface area contributed by atoms with Crippen molar-refractivity contribution in [1.29, 1.82) is 0 Å². The fraction of sp³-hybridized carbons (Fsp3) is 0.436. The molecule has 298 valence electrons. The lowest BCUT2D eigenvalue weighted by molar-refractivity contribution is -0.148. The molecular weight excluding hydrogens is 794 g/mol. The van der Waals surface area contributed by atoms with Crippen LogP contribution in [0.15, 0.2) is 59.1 Å². The van der Waals surface area contributed by atoms with E-state index in [2.05, 4.69) is 31.9 Å². The van der Waals surface area contributed by atoms with Gasteiger partial charge in [0.25, 0.3) is 0 Å². The van der Waals surface area contributed by atoms with E-state index in [1.807, 2.05) is 33.9 Å². The highest BCUT2D eigenvalue weighted by Crippen LogP contribution is 2.44. The number of ether oxygens (including phenoxy) is 5. The summed E-state index contributed by atoms with van der Waals surface area (Å²) in [6.45, 7) is 15.1. The predicted molar refractivity (Wildman–Crippen MR) is 210 cm³/mol. The zero-order valence-corrected chi connectivity index (χ0v) is 35.5. The number of fused-ring (bicyclic) bond motifs is 9. The Labute approximate surface area is 330 Å². The number of carbonyl (C=O) groups is 4. The topological polar surface area (TPSA) is 180 Å². The highest BCUT2D eigenvalue weighted by Gasteiger charge is 2.44. The number of amides is 3. The summed E-state index contributed by atoms with van der Waals surface area (Å²) in [7, 11) is 1.36. The lowest BCUT2D eigenvalue weighted by Crippen LogP contribution is -2.54. The molecule has 0 radical (unpaired) electrons. The lowest BCUT2D eigenvalue weighted by Gasteiger charge is -2.41. The monoisotopic (exact) mass is 843 g/mol. The Kier molecular flexibility index (Phi) is 13.2. The van der Waals surface area contributed by atoms with Crippen LogP contribution in [0.3, 0.4) is 0 Å². The second kappa shape index (κ2) is 16.9. The second-order valence-corrected chi connectivity index (χ2v) is 21.1. The summed E-state index contributed by atoms with van der Waals surface area (Å²) in [5.74, 6) is -2.16. The first kappa shape index (κ1) is 42.9. The molecule has 0 saturated carbocycles. The zero-order valence-electron chi connectivity index (χ0n) is 32.9. The van der Waals surface area contributed by atoms with Crippen LogP contribution < -0.4 is 30.2 Å². The van der Waals surface area contributed by atoms with Crippen molar-refractivity contribution in [1.82, 2.24) is 16.0 Å². The number of phenolic OH excluding ortho intramolecular Hbond substituents is 1. The van der Waals surface area contributed by atoms with E-state index in [9.17, 15) is 24.3 Å². The molecule has 0 aromatic heterocycles. The normalized spacial score (nSPS) is 19.3. The van der Waals surface area contributed by atoms with E-state index in [0.717, 1.165) is 0 Å². The summed E-state index contributed by atoms with van der Waals surface area (Å²) in [4.78, 5) is 56.1. The van der Waals surface area contributed by atoms with Gasteiger partial charge in [-0.1, -0.05) is 39.0 Å². The van der Waals surface area contributed by atoms with Crippen molar-refractivity contribution in [3.8, 4) is 28.7 Å². The number of esters is 1. The summed E-state index contributed by atoms with van der Waals surface area (Å²) in [5, 5.41) is 18.9. The molecule has 2 aliphatic heterocycles. The smallest absolute Gasteiger partial charge is 0.408 e. The fourth-order valence-corrected chi connectivity index (χ4v) is 7.29. The number of hydrogen-bond acceptors (Lipinski definition) is 11. The van der Waals surface area contributed by atoms with Gasteiger partial charge >= 0.3 is 12.1 Å². The second-order valence-electron chi connectivity index (χ2n) is 15.5. The van der Waals surface area contributed by atoms with Crippen LogP contribution in [0.4, 0.5) is 4.79 Å². The molecule has 16 heteroatoms. The Morgan fingerprint density at radius 2 is 1.49 bits per heavy atom. The van der Waals surface area contributed by atoms with Crippen LogP contribution in [0, 0.1) is 0 Å². The Morgan fingerprint density at radius 1 is 0.855 bits per heavy atom. The quantitative estimate of drug-likeness (QED) is 0.141. The maximum absolute atomic E-state index is 14.6. The number of benzene rings is 3. The molecule has 3 aromatic rings. The zero-order chi connectivity index (χ0) is 41.0. The van der Waals surface area contributed by atoms with Crippen LogP contribution in [0.5, 0.6) is 28.7 Å². The Hall–Kier alpha value is -4.80. The first-order valence-corrected chi connectivity index (χ1v) is 21.2. The van der Waals surface area contributed by atoms with Gasteiger partial charge in [0.05, 0.1) is 25.8 Å². The molecule has 5 rings (SSSR count). The van der Waals surface area contributed by atoms with Gasteiger partial charge in [0.2, 0.25) is 17.6 Å². The number of alkyl carbamates (subject to hydrolysis) is 1. The third-order valence-corrected chi connectivity index (χ3v) is 14.4. The molecule has 4 atom stereocenters. The van der Waals surface area contributed by atoms with Crippen molar-refractivity contribution in [2.75, 3.05) is 21.3 Å². The maximum atomic E-state index is 14.6. The van der Waals surface area contributed by atoms with E-state index in [0.29, 0.717) is 21.5 Å². The minimum Gasteiger partial charge on any atom is -0.504 e. The average molecular weight is 845 g/mol. The van der Waals surface area contributed by atoms with Gasteiger partial charge in [-0.2, -0.15) is 0 Å². The Balaban J connectivity index is 2.00. The number of carbonyl (C=O) groups excluding carboxylic acids is 4. The largest absolute Gasteiger partial charge is 0.504 e. The third kappa shape index (κ3) is 10.3. The predicted octanol–water partition coefficient (Wildman–Crippen LogP) is 7.12. The molecule has 3 amide bonds. The molecule has 0 saturated heterocycles. The first-order chi connectivity index (χ1) is 25.6. The summed E-state index contributed by atoms with van der Waals surface area (Å²) in [6, 6.07) is 9.63. The number of aromatic hydroxyl groups is 1. The van der Waals surface area contributed by atoms with Gasteiger partial charge in [-0.15, -0.1) is 0 Å². The molecule has 4 bridgehead atoms. The molecule has 3 aromatic carbocycles. The number of rotatable bonds is 7. The van der Waals surface area contributed by atoms with Gasteiger partial charge in [0.15, 0.2) is 25.9 Å². The summed E-state index contributed by atoms with van der Waals surface area (Å²) >= 11 is 3.46. The van der Waals surface area contributed by atoms with Gasteiger partial charge in [-0.3, -0.25) is 9.59 Å². The van der Waals surface area contributed by atoms with Crippen molar-refractivity contribution in [3.63, 3.8) is 0 Å². The Morgan fingerprint density at radius 3 is 2.04 bits per heavy atom.